The number of rotatable bonds is 2. The molecule has 0 spiro atoms. The van der Waals surface area contributed by atoms with Gasteiger partial charge in [0, 0.05) is 46.3 Å². The minimum Gasteiger partial charge on any atom is -0.480 e. The third kappa shape index (κ3) is 3.65. The second-order valence-corrected chi connectivity index (χ2v) is 3.57. The molecule has 1 atom stereocenters. The molecule has 14 heavy (non-hydrogen) atoms. The van der Waals surface area contributed by atoms with Gasteiger partial charge in [-0.25, -0.2) is 0 Å². The van der Waals surface area contributed by atoms with Crippen molar-refractivity contribution in [3.05, 3.63) is 34.3 Å². The summed E-state index contributed by atoms with van der Waals surface area (Å²) >= 11 is 11.4. The van der Waals surface area contributed by atoms with Gasteiger partial charge in [-0.15, -0.1) is 11.6 Å². The van der Waals surface area contributed by atoms with Crippen molar-refractivity contribution in [1.82, 2.24) is 0 Å². The van der Waals surface area contributed by atoms with Crippen LogP contribution in [0.25, 0.3) is 0 Å². The Kier molecular flexibility index (Phi) is 6.55. The first kappa shape index (κ1) is 14.6. The second-order valence-electron chi connectivity index (χ2n) is 2.73. The zero-order valence-corrected chi connectivity index (χ0v) is 12.7. The Morgan fingerprint density at radius 2 is 2.07 bits per heavy atom. The molecule has 1 radical (unpaired) electrons. The zero-order chi connectivity index (χ0) is 10.0. The predicted molar refractivity (Wildman–Crippen MR) is 52.4 cm³/mol. The van der Waals surface area contributed by atoms with Crippen molar-refractivity contribution in [3.63, 3.8) is 0 Å². The summed E-state index contributed by atoms with van der Waals surface area (Å²) < 4.78 is 0. The summed E-state index contributed by atoms with van der Waals surface area (Å²) in [5, 5.41) is 7.95. The van der Waals surface area contributed by atoms with Crippen LogP contribution in [0, 0.1) is 48.2 Å². The van der Waals surface area contributed by atoms with Gasteiger partial charge in [-0.2, -0.15) is 0 Å². The van der Waals surface area contributed by atoms with E-state index < -0.39 is 11.3 Å². The fourth-order valence-electron chi connectivity index (χ4n) is 0.971. The van der Waals surface area contributed by atoms with E-state index in [0.29, 0.717) is 10.6 Å². The maximum atomic E-state index is 10.5. The summed E-state index contributed by atoms with van der Waals surface area (Å²) in [6.45, 7) is 1.87. The fraction of sp³-hybridized carbons (Fsp3) is 0.222. The van der Waals surface area contributed by atoms with Gasteiger partial charge in [0.1, 0.15) is 0 Å². The normalized spacial score (nSPS) is 11.6. The number of carbonyl (C=O) groups is 1. The molecule has 0 aliphatic carbocycles. The summed E-state index contributed by atoms with van der Waals surface area (Å²) in [4.78, 5) is 10.5. The van der Waals surface area contributed by atoms with Crippen LogP contribution in [-0.2, 0) is 4.79 Å². The number of carboxylic acid groups (broad SMARTS) is 1. The van der Waals surface area contributed by atoms with E-state index in [9.17, 15) is 4.79 Å². The van der Waals surface area contributed by atoms with Gasteiger partial charge >= 0.3 is 5.97 Å². The van der Waals surface area contributed by atoms with Gasteiger partial charge < -0.3 is 5.11 Å². The first-order chi connectivity index (χ1) is 6.02. The van der Waals surface area contributed by atoms with Crippen molar-refractivity contribution in [3.8, 4) is 0 Å². The average Bonchev–Trinajstić information content (AvgIpc) is 2.03. The number of aryl methyl sites for hydroxylation is 1. The van der Waals surface area contributed by atoms with Gasteiger partial charge in [0.05, 0.1) is 0 Å². The quantitative estimate of drug-likeness (QED) is 0.824. The Morgan fingerprint density at radius 1 is 1.50 bits per heavy atom. The molecule has 0 aliphatic rings. The first-order valence-electron chi connectivity index (χ1n) is 3.65. The van der Waals surface area contributed by atoms with Gasteiger partial charge in [-0.05, 0) is 24.1 Å². The van der Waals surface area contributed by atoms with E-state index in [1.54, 1.807) is 18.2 Å². The number of carboxylic acids is 1. The molecule has 0 heterocycles. The van der Waals surface area contributed by atoms with Gasteiger partial charge in [-0.1, -0.05) is 23.7 Å². The molecule has 0 fully saturated rings. The van der Waals surface area contributed by atoms with Crippen LogP contribution in [-0.4, -0.2) is 11.1 Å². The van der Waals surface area contributed by atoms with E-state index in [-0.39, 0.29) is 41.3 Å². The average molecular weight is 360 g/mol. The van der Waals surface area contributed by atoms with Crippen molar-refractivity contribution in [2.45, 2.75) is 12.3 Å². The van der Waals surface area contributed by atoms with Crippen LogP contribution in [0.5, 0.6) is 0 Å². The largest absolute Gasteiger partial charge is 0.480 e. The molecule has 0 amide bonds. The van der Waals surface area contributed by atoms with Gasteiger partial charge in [0.2, 0.25) is 0 Å². The van der Waals surface area contributed by atoms with E-state index in [1.165, 1.54) is 0 Å². The van der Waals surface area contributed by atoms with Gasteiger partial charge in [0.15, 0.2) is 5.38 Å². The second kappa shape index (κ2) is 6.27. The molecule has 2 nitrogen and oxygen atoms in total. The summed E-state index contributed by atoms with van der Waals surface area (Å²) in [6, 6.07) is 5.10. The van der Waals surface area contributed by atoms with E-state index in [2.05, 4.69) is 0 Å². The van der Waals surface area contributed by atoms with Crippen LogP contribution in [0.15, 0.2) is 18.2 Å². The SMILES string of the molecule is Cc1ccc(C(Cl)C(=O)O)c(Cl)c1.[Pr]. The predicted octanol–water partition coefficient (Wildman–Crippen LogP) is 3.01. The van der Waals surface area contributed by atoms with E-state index in [1.807, 2.05) is 6.92 Å². The Bertz CT molecular complexity index is 342. The van der Waals surface area contributed by atoms with Crippen LogP contribution in [0.3, 0.4) is 0 Å². The Balaban J connectivity index is 0.00000169. The third-order valence-corrected chi connectivity index (χ3v) is 2.39. The molecular formula is C9H8Cl2O2Pr. The van der Waals surface area contributed by atoms with Crippen LogP contribution in [0.1, 0.15) is 16.5 Å². The van der Waals surface area contributed by atoms with Crippen LogP contribution in [0.4, 0.5) is 0 Å². The standard InChI is InChI=1S/C9H8Cl2O2.Pr/c1-5-2-3-6(7(10)4-5)8(11)9(12)13;/h2-4,8H,1H3,(H,12,13);. The fourth-order valence-corrected chi connectivity index (χ4v) is 1.56. The van der Waals surface area contributed by atoms with Gasteiger partial charge in [0.25, 0.3) is 0 Å². The molecule has 0 saturated heterocycles. The van der Waals surface area contributed by atoms with Crippen molar-refractivity contribution < 1.29 is 51.2 Å². The molecule has 5 heteroatoms. The molecule has 0 saturated carbocycles. The molecular weight excluding hydrogens is 352 g/mol. The Labute approximate surface area is 126 Å². The van der Waals surface area contributed by atoms with Crippen molar-refractivity contribution in [1.29, 1.82) is 0 Å². The van der Waals surface area contributed by atoms with Crippen LogP contribution in [0.2, 0.25) is 5.02 Å². The third-order valence-electron chi connectivity index (χ3n) is 1.65. The molecule has 1 aromatic carbocycles. The molecule has 1 rings (SSSR count). The maximum Gasteiger partial charge on any atom is 0.326 e. The number of aliphatic carboxylic acids is 1. The van der Waals surface area contributed by atoms with Gasteiger partial charge in [-0.3, -0.25) is 4.79 Å². The number of hydrogen-bond acceptors (Lipinski definition) is 1. The number of benzene rings is 1. The molecule has 0 aromatic heterocycles. The molecule has 1 N–H and O–H groups in total. The minimum absolute atomic E-state index is 0. The summed E-state index contributed by atoms with van der Waals surface area (Å²) in [5.74, 6) is -1.09. The number of alkyl halides is 1. The van der Waals surface area contributed by atoms with Crippen molar-refractivity contribution >= 4 is 29.2 Å². The van der Waals surface area contributed by atoms with Crippen LogP contribution < -0.4 is 0 Å². The maximum absolute atomic E-state index is 10.5. The molecule has 0 aliphatic heterocycles. The minimum atomic E-state index is -1.09. The summed E-state index contributed by atoms with van der Waals surface area (Å²) in [7, 11) is 0. The smallest absolute Gasteiger partial charge is 0.326 e. The monoisotopic (exact) mass is 359 g/mol. The van der Waals surface area contributed by atoms with E-state index in [4.69, 9.17) is 28.3 Å². The number of hydrogen-bond donors (Lipinski definition) is 1. The molecule has 1 aromatic rings. The number of halogens is 2. The Morgan fingerprint density at radius 3 is 2.50 bits per heavy atom. The molecule has 73 valence electrons. The topological polar surface area (TPSA) is 37.3 Å². The zero-order valence-electron chi connectivity index (χ0n) is 7.50. The van der Waals surface area contributed by atoms with Crippen molar-refractivity contribution in [2.24, 2.45) is 0 Å². The molecule has 0 bridgehead atoms. The molecule has 1 unspecified atom stereocenters. The van der Waals surface area contributed by atoms with E-state index in [0.717, 1.165) is 5.56 Å². The van der Waals surface area contributed by atoms with Crippen LogP contribution >= 0.6 is 23.2 Å². The summed E-state index contributed by atoms with van der Waals surface area (Å²) in [6.07, 6.45) is 0. The van der Waals surface area contributed by atoms with E-state index >= 15 is 0 Å². The first-order valence-corrected chi connectivity index (χ1v) is 4.46. The summed E-state index contributed by atoms with van der Waals surface area (Å²) in [5.41, 5.74) is 1.41. The Hall–Kier alpha value is 0.634. The van der Waals surface area contributed by atoms with Crippen molar-refractivity contribution in [2.75, 3.05) is 0 Å².